The predicted molar refractivity (Wildman–Crippen MR) is 184 cm³/mol. The number of aromatic amines is 2. The second-order valence-corrected chi connectivity index (χ2v) is 18.7. The minimum Gasteiger partial charge on any atom is -0.390 e. The topological polar surface area (TPSA) is 344 Å². The smallest absolute Gasteiger partial charge is 0.390 e. The summed E-state index contributed by atoms with van der Waals surface area (Å²) in [6.45, 7) is -4.05. The number of fused-ring (bicyclic) bond motifs is 2. The fourth-order valence-corrected chi connectivity index (χ4v) is 11.2. The van der Waals surface area contributed by atoms with Crippen molar-refractivity contribution in [1.29, 1.82) is 0 Å². The van der Waals surface area contributed by atoms with Gasteiger partial charge in [-0.3, -0.25) is 23.7 Å². The number of hydrogen-bond acceptors (Lipinski definition) is 19. The number of anilines is 1. The maximum Gasteiger partial charge on any atom is 0.488 e. The molecule has 0 spiro atoms. The number of H-pyrrole nitrogens is 2. The monoisotopic (exact) mass is 844 g/mol. The van der Waals surface area contributed by atoms with Gasteiger partial charge in [-0.15, -0.1) is 0 Å². The standard InChI is InChI=1S/C25H36N9O16P3S/c1-10-28-20-14(22(38)29-10)27-8-33(20)24-18(37)19(44-3)13(48-24)7-46-51(40,41)49-52(42,43)50-53(54,45-4)47-6-11-5-12(17(36)16(11)35)34-9-32(2)15-21(34)30-25(26)31-23(15)39/h8-9,11-13,16-19,24,35-37H,5-7H2,1-4H3,(H5-,26,28,29,30,31,38,39,40,41,42,43)/p+1/t11-,12-,13-,16+,17?,18+,19?,24-,53?/m1/s1. The van der Waals surface area contributed by atoms with Crippen LogP contribution in [-0.2, 0) is 59.7 Å². The van der Waals surface area contributed by atoms with E-state index in [1.54, 1.807) is 7.05 Å². The van der Waals surface area contributed by atoms with Crippen LogP contribution < -0.4 is 21.4 Å². The Balaban J connectivity index is 1.08. The van der Waals surface area contributed by atoms with Gasteiger partial charge in [0, 0.05) is 20.1 Å². The van der Waals surface area contributed by atoms with Crippen LogP contribution >= 0.6 is 22.4 Å². The van der Waals surface area contributed by atoms with Gasteiger partial charge in [0.15, 0.2) is 17.4 Å². The average Bonchev–Trinajstić information content (AvgIpc) is 3.80. The van der Waals surface area contributed by atoms with Gasteiger partial charge in [-0.1, -0.05) is 0 Å². The number of hydrogen-bond donors (Lipinski definition) is 8. The number of nitrogens with two attached hydrogens (primary N) is 1. The molecule has 54 heavy (non-hydrogen) atoms. The van der Waals surface area contributed by atoms with Gasteiger partial charge in [-0.2, -0.15) is 9.29 Å². The molecule has 298 valence electrons. The predicted octanol–water partition coefficient (Wildman–Crippen LogP) is -1.73. The van der Waals surface area contributed by atoms with E-state index in [0.717, 1.165) is 7.11 Å². The molecule has 29 heteroatoms. The second-order valence-electron chi connectivity index (χ2n) is 12.4. The zero-order valence-electron chi connectivity index (χ0n) is 28.6. The Morgan fingerprint density at radius 3 is 2.41 bits per heavy atom. The Labute approximate surface area is 308 Å². The molecular formula is C25H37N9O16P3S+. The number of phosphoric acid groups is 2. The summed E-state index contributed by atoms with van der Waals surface area (Å²) in [5.41, 5.74) is 4.98. The summed E-state index contributed by atoms with van der Waals surface area (Å²) in [5.74, 6) is -0.788. The van der Waals surface area contributed by atoms with E-state index in [9.17, 15) is 43.8 Å². The van der Waals surface area contributed by atoms with Gasteiger partial charge >= 0.3 is 27.9 Å². The molecule has 1 saturated carbocycles. The number of nitrogen functional groups attached to an aromatic ring is 1. The van der Waals surface area contributed by atoms with Crippen LogP contribution in [0.25, 0.3) is 22.3 Å². The lowest BCUT2D eigenvalue weighted by atomic mass is 10.1. The molecule has 4 aromatic heterocycles. The molecule has 5 heterocycles. The molecule has 1 aliphatic heterocycles. The molecule has 0 amide bonds. The molecule has 1 aliphatic carbocycles. The van der Waals surface area contributed by atoms with Crippen LogP contribution in [0.5, 0.6) is 0 Å². The van der Waals surface area contributed by atoms with Crippen molar-refractivity contribution in [3.63, 3.8) is 0 Å². The number of aryl methyl sites for hydroxylation is 2. The number of imidazole rings is 2. The molecule has 4 aromatic rings. The molecule has 5 unspecified atom stereocenters. The number of aliphatic hydroxyl groups is 3. The first-order valence-electron chi connectivity index (χ1n) is 15.7. The maximum absolute atomic E-state index is 12.9. The first-order chi connectivity index (χ1) is 25.3. The van der Waals surface area contributed by atoms with Crippen molar-refractivity contribution in [3.8, 4) is 0 Å². The summed E-state index contributed by atoms with van der Waals surface area (Å²) in [4.78, 5) is 62.7. The molecule has 0 bridgehead atoms. The van der Waals surface area contributed by atoms with E-state index in [1.807, 2.05) is 0 Å². The van der Waals surface area contributed by atoms with Crippen molar-refractivity contribution < 1.29 is 70.5 Å². The molecule has 1 saturated heterocycles. The van der Waals surface area contributed by atoms with E-state index in [-0.39, 0.29) is 40.5 Å². The molecule has 0 aromatic carbocycles. The summed E-state index contributed by atoms with van der Waals surface area (Å²) in [6.07, 6.45) is -5.24. The van der Waals surface area contributed by atoms with Crippen LogP contribution in [0.2, 0.25) is 0 Å². The van der Waals surface area contributed by atoms with E-state index < -0.39 is 95.4 Å². The third-order valence-corrected chi connectivity index (χ3v) is 14.8. The number of ether oxygens (including phenoxy) is 2. The Hall–Kier alpha value is -2.87. The Morgan fingerprint density at radius 1 is 1.00 bits per heavy atom. The average molecular weight is 845 g/mol. The molecular weight excluding hydrogens is 807 g/mol. The van der Waals surface area contributed by atoms with E-state index in [4.69, 9.17) is 44.9 Å². The van der Waals surface area contributed by atoms with Crippen LogP contribution in [0.1, 0.15) is 24.5 Å². The zero-order chi connectivity index (χ0) is 39.5. The molecule has 6 rings (SSSR count). The molecule has 11 atom stereocenters. The lowest BCUT2D eigenvalue weighted by Gasteiger charge is -2.25. The molecule has 25 nitrogen and oxygen atoms in total. The maximum atomic E-state index is 12.9. The van der Waals surface area contributed by atoms with Crippen molar-refractivity contribution in [3.05, 3.63) is 39.2 Å². The highest BCUT2D eigenvalue weighted by molar-refractivity contribution is 8.09. The number of aliphatic hydroxyl groups excluding tert-OH is 3. The fourth-order valence-electron chi connectivity index (χ4n) is 6.41. The lowest BCUT2D eigenvalue weighted by Crippen LogP contribution is -2.35. The molecule has 2 fully saturated rings. The number of phosphoric ester groups is 1. The lowest BCUT2D eigenvalue weighted by molar-refractivity contribution is -0.646. The third kappa shape index (κ3) is 8.02. The Bertz CT molecular complexity index is 2320. The van der Waals surface area contributed by atoms with Crippen molar-refractivity contribution >= 4 is 62.4 Å². The Morgan fingerprint density at radius 2 is 1.72 bits per heavy atom. The first kappa shape index (κ1) is 40.8. The van der Waals surface area contributed by atoms with E-state index >= 15 is 0 Å². The van der Waals surface area contributed by atoms with Gasteiger partial charge in [-0.05, 0) is 25.2 Å². The van der Waals surface area contributed by atoms with Crippen molar-refractivity contribution in [1.82, 2.24) is 34.1 Å². The normalized spacial score (nSPS) is 29.4. The van der Waals surface area contributed by atoms with Gasteiger partial charge in [0.1, 0.15) is 36.3 Å². The summed E-state index contributed by atoms with van der Waals surface area (Å²) in [5, 5.41) is 32.7. The number of nitrogens with one attached hydrogen (secondary N) is 2. The number of rotatable bonds is 14. The highest BCUT2D eigenvalue weighted by Crippen LogP contribution is 2.69. The van der Waals surface area contributed by atoms with E-state index in [0.29, 0.717) is 0 Å². The quantitative estimate of drug-likeness (QED) is 0.0516. The minimum absolute atomic E-state index is 0.0271. The minimum atomic E-state index is -5.61. The largest absolute Gasteiger partial charge is 0.488 e. The summed E-state index contributed by atoms with van der Waals surface area (Å²) >= 11 is 5.17. The van der Waals surface area contributed by atoms with Crippen LogP contribution in [0.3, 0.4) is 0 Å². The molecule has 0 radical (unpaired) electrons. The zero-order valence-corrected chi connectivity index (χ0v) is 32.1. The van der Waals surface area contributed by atoms with Crippen molar-refractivity contribution in [2.45, 2.75) is 56.1 Å². The van der Waals surface area contributed by atoms with Gasteiger partial charge in [0.05, 0.1) is 32.7 Å². The van der Waals surface area contributed by atoms with E-state index in [2.05, 4.69) is 29.2 Å². The van der Waals surface area contributed by atoms with Crippen molar-refractivity contribution in [2.24, 2.45) is 13.0 Å². The number of nitrogens with zero attached hydrogens (tertiary/aromatic N) is 6. The van der Waals surface area contributed by atoms with Gasteiger partial charge in [0.2, 0.25) is 12.3 Å². The number of aromatic nitrogens is 8. The highest BCUT2D eigenvalue weighted by atomic mass is 32.5. The van der Waals surface area contributed by atoms with Crippen LogP contribution in [-0.4, -0.2) is 117 Å². The fraction of sp³-hybridized carbons (Fsp3) is 0.600. The van der Waals surface area contributed by atoms with Crippen molar-refractivity contribution in [2.75, 3.05) is 33.2 Å². The van der Waals surface area contributed by atoms with Gasteiger partial charge in [-0.25, -0.2) is 32.5 Å². The van der Waals surface area contributed by atoms with Crippen LogP contribution in [0.15, 0.2) is 22.2 Å². The summed E-state index contributed by atoms with van der Waals surface area (Å²) < 4.78 is 65.8. The van der Waals surface area contributed by atoms with Gasteiger partial charge < -0.3 is 54.3 Å². The first-order valence-corrected chi connectivity index (χ1v) is 21.3. The summed E-state index contributed by atoms with van der Waals surface area (Å²) in [6, 6.07) is -0.834. The molecule has 9 N–H and O–H groups in total. The Kier molecular flexibility index (Phi) is 11.5. The summed E-state index contributed by atoms with van der Waals surface area (Å²) in [7, 11) is -7.31. The number of methoxy groups -OCH3 is 1. The second kappa shape index (κ2) is 15.2. The van der Waals surface area contributed by atoms with Gasteiger partial charge in [0.25, 0.3) is 16.7 Å². The third-order valence-electron chi connectivity index (χ3n) is 8.81. The SMILES string of the molecule is COC1[C@@H](COP(=O)(O)OP(=O)(O)OP(=S)(OC)OC[C@H]2C[C@@H](n3c[n+](C)c4c(=O)[nH]c(N)nc43)C(O)[C@H]2O)O[C@@H](n2cnc3c(=O)[nH]c(C)nc32)[C@H]1O. The molecule has 2 aliphatic rings. The van der Waals surface area contributed by atoms with Crippen LogP contribution in [0, 0.1) is 12.8 Å². The van der Waals surface area contributed by atoms with E-state index in [1.165, 1.54) is 40.4 Å². The van der Waals surface area contributed by atoms with Crippen LogP contribution in [0.4, 0.5) is 5.95 Å². The highest BCUT2D eigenvalue weighted by Gasteiger charge is 2.50.